The van der Waals surface area contributed by atoms with E-state index in [0.29, 0.717) is 19.5 Å². The first kappa shape index (κ1) is 8.79. The standard InChI is InChI=1S/C9H11NO2/c1-2-3-5-10-6-4-8(11)7-9(10)12/h4-7H2,1H3. The fraction of sp³-hybridized carbons (Fsp3) is 0.556. The molecule has 1 amide bonds. The van der Waals surface area contributed by atoms with Gasteiger partial charge in [-0.25, -0.2) is 0 Å². The number of hydrogen-bond acceptors (Lipinski definition) is 2. The maximum absolute atomic E-state index is 11.1. The highest BCUT2D eigenvalue weighted by atomic mass is 16.2. The average Bonchev–Trinajstić information content (AvgIpc) is 2.03. The predicted octanol–water partition coefficient (Wildman–Crippen LogP) is 0.201. The number of amides is 1. The second-order valence-electron chi connectivity index (χ2n) is 2.71. The molecule has 0 unspecified atom stereocenters. The molecule has 1 rings (SSSR count). The number of hydrogen-bond donors (Lipinski definition) is 0. The average molecular weight is 165 g/mol. The van der Waals surface area contributed by atoms with Gasteiger partial charge in [0.15, 0.2) is 0 Å². The maximum atomic E-state index is 11.1. The molecule has 0 bridgehead atoms. The zero-order valence-electron chi connectivity index (χ0n) is 7.09. The van der Waals surface area contributed by atoms with Gasteiger partial charge in [0, 0.05) is 13.0 Å². The molecule has 0 aliphatic carbocycles. The summed E-state index contributed by atoms with van der Waals surface area (Å²) in [6.45, 7) is 2.73. The van der Waals surface area contributed by atoms with Gasteiger partial charge in [-0.2, -0.15) is 0 Å². The summed E-state index contributed by atoms with van der Waals surface area (Å²) in [4.78, 5) is 23.6. The Morgan fingerprint density at radius 2 is 2.25 bits per heavy atom. The van der Waals surface area contributed by atoms with E-state index in [2.05, 4.69) is 11.8 Å². The van der Waals surface area contributed by atoms with Crippen molar-refractivity contribution in [2.24, 2.45) is 0 Å². The number of nitrogens with zero attached hydrogens (tertiary/aromatic N) is 1. The summed E-state index contributed by atoms with van der Waals surface area (Å²) < 4.78 is 0. The Labute approximate surface area is 71.7 Å². The zero-order valence-corrected chi connectivity index (χ0v) is 7.09. The third-order valence-electron chi connectivity index (χ3n) is 1.81. The highest BCUT2D eigenvalue weighted by Crippen LogP contribution is 2.05. The Morgan fingerprint density at radius 1 is 1.50 bits per heavy atom. The highest BCUT2D eigenvalue weighted by Gasteiger charge is 2.22. The molecule has 1 fully saturated rings. The quantitative estimate of drug-likeness (QED) is 0.411. The molecule has 3 nitrogen and oxygen atoms in total. The van der Waals surface area contributed by atoms with Crippen LogP contribution in [0.4, 0.5) is 0 Å². The SMILES string of the molecule is CC#CCN1CCC(=O)CC1=O. The number of rotatable bonds is 1. The van der Waals surface area contributed by atoms with Crippen LogP contribution in [0, 0.1) is 11.8 Å². The van der Waals surface area contributed by atoms with E-state index in [0.717, 1.165) is 0 Å². The van der Waals surface area contributed by atoms with E-state index in [1.165, 1.54) is 0 Å². The van der Waals surface area contributed by atoms with Gasteiger partial charge in [0.1, 0.15) is 5.78 Å². The van der Waals surface area contributed by atoms with E-state index < -0.39 is 0 Å². The Hall–Kier alpha value is -1.30. The molecule has 0 atom stereocenters. The van der Waals surface area contributed by atoms with Crippen LogP contribution in [0.5, 0.6) is 0 Å². The number of likely N-dealkylation sites (tertiary alicyclic amines) is 1. The van der Waals surface area contributed by atoms with Crippen molar-refractivity contribution in [1.82, 2.24) is 4.90 Å². The summed E-state index contributed by atoms with van der Waals surface area (Å²) >= 11 is 0. The summed E-state index contributed by atoms with van der Waals surface area (Å²) in [5, 5.41) is 0. The molecule has 0 aromatic heterocycles. The topological polar surface area (TPSA) is 37.4 Å². The molecule has 0 spiro atoms. The van der Waals surface area contributed by atoms with Crippen LogP contribution in [0.1, 0.15) is 19.8 Å². The summed E-state index contributed by atoms with van der Waals surface area (Å²) in [7, 11) is 0. The van der Waals surface area contributed by atoms with Gasteiger partial charge < -0.3 is 4.90 Å². The number of piperidine rings is 1. The van der Waals surface area contributed by atoms with Crippen LogP contribution in [0.15, 0.2) is 0 Å². The van der Waals surface area contributed by atoms with Crippen molar-refractivity contribution in [3.05, 3.63) is 0 Å². The lowest BCUT2D eigenvalue weighted by atomic mass is 10.1. The van der Waals surface area contributed by atoms with Crippen LogP contribution in [-0.4, -0.2) is 29.7 Å². The molecule has 1 aliphatic rings. The molecule has 1 heterocycles. The van der Waals surface area contributed by atoms with Gasteiger partial charge in [0.2, 0.25) is 5.91 Å². The molecule has 12 heavy (non-hydrogen) atoms. The molecule has 0 aromatic carbocycles. The molecular weight excluding hydrogens is 154 g/mol. The smallest absolute Gasteiger partial charge is 0.230 e. The summed E-state index contributed by atoms with van der Waals surface area (Å²) in [5.41, 5.74) is 0. The molecule has 1 saturated heterocycles. The normalized spacial score (nSPS) is 17.2. The van der Waals surface area contributed by atoms with Crippen LogP contribution in [0.3, 0.4) is 0 Å². The first-order valence-electron chi connectivity index (χ1n) is 3.93. The van der Waals surface area contributed by atoms with Crippen molar-refractivity contribution < 1.29 is 9.59 Å². The Morgan fingerprint density at radius 3 is 2.83 bits per heavy atom. The van der Waals surface area contributed by atoms with Crippen molar-refractivity contribution in [3.8, 4) is 11.8 Å². The van der Waals surface area contributed by atoms with Crippen LogP contribution >= 0.6 is 0 Å². The van der Waals surface area contributed by atoms with E-state index >= 15 is 0 Å². The fourth-order valence-electron chi connectivity index (χ4n) is 1.09. The second-order valence-corrected chi connectivity index (χ2v) is 2.71. The first-order valence-corrected chi connectivity index (χ1v) is 3.93. The maximum Gasteiger partial charge on any atom is 0.230 e. The van der Waals surface area contributed by atoms with Crippen molar-refractivity contribution in [2.45, 2.75) is 19.8 Å². The third-order valence-corrected chi connectivity index (χ3v) is 1.81. The van der Waals surface area contributed by atoms with Crippen LogP contribution in [0.2, 0.25) is 0 Å². The zero-order chi connectivity index (χ0) is 8.97. The van der Waals surface area contributed by atoms with Gasteiger partial charge in [-0.3, -0.25) is 9.59 Å². The summed E-state index contributed by atoms with van der Waals surface area (Å²) in [5.74, 6) is 5.48. The molecule has 64 valence electrons. The lowest BCUT2D eigenvalue weighted by Gasteiger charge is -2.23. The number of Topliss-reactive ketones (excluding diaryl/α,β-unsaturated/α-hetero) is 1. The fourth-order valence-corrected chi connectivity index (χ4v) is 1.09. The number of carbonyl (C=O) groups excluding carboxylic acids is 2. The van der Waals surface area contributed by atoms with Gasteiger partial charge in [0.25, 0.3) is 0 Å². The van der Waals surface area contributed by atoms with Crippen molar-refractivity contribution >= 4 is 11.7 Å². The Kier molecular flexibility index (Phi) is 2.87. The minimum atomic E-state index is -0.0889. The molecule has 0 radical (unpaired) electrons. The monoisotopic (exact) mass is 165 g/mol. The Bertz CT molecular complexity index is 259. The molecule has 0 N–H and O–H groups in total. The minimum Gasteiger partial charge on any atom is -0.331 e. The molecule has 3 heteroatoms. The molecule has 0 saturated carbocycles. The minimum absolute atomic E-state index is 0.0423. The Balaban J connectivity index is 2.49. The van der Waals surface area contributed by atoms with Crippen molar-refractivity contribution in [3.63, 3.8) is 0 Å². The van der Waals surface area contributed by atoms with Crippen LogP contribution in [-0.2, 0) is 9.59 Å². The number of ketones is 1. The first-order chi connectivity index (χ1) is 5.74. The van der Waals surface area contributed by atoms with Gasteiger partial charge in [-0.1, -0.05) is 5.92 Å². The molecule has 0 aromatic rings. The lowest BCUT2D eigenvalue weighted by molar-refractivity contribution is -0.138. The van der Waals surface area contributed by atoms with Gasteiger partial charge >= 0.3 is 0 Å². The summed E-state index contributed by atoms with van der Waals surface area (Å²) in [6, 6.07) is 0. The third kappa shape index (κ3) is 2.09. The van der Waals surface area contributed by atoms with E-state index in [-0.39, 0.29) is 18.1 Å². The second kappa shape index (κ2) is 3.91. The van der Waals surface area contributed by atoms with E-state index in [1.807, 2.05) is 0 Å². The summed E-state index contributed by atoms with van der Waals surface area (Å²) in [6.07, 6.45) is 0.544. The lowest BCUT2D eigenvalue weighted by Crippen LogP contribution is -2.39. The predicted molar refractivity (Wildman–Crippen MR) is 44.3 cm³/mol. The van der Waals surface area contributed by atoms with Crippen molar-refractivity contribution in [2.75, 3.05) is 13.1 Å². The van der Waals surface area contributed by atoms with Gasteiger partial charge in [-0.15, -0.1) is 5.92 Å². The van der Waals surface area contributed by atoms with Gasteiger partial charge in [0.05, 0.1) is 13.0 Å². The van der Waals surface area contributed by atoms with Crippen molar-refractivity contribution in [1.29, 1.82) is 0 Å². The number of carbonyl (C=O) groups is 2. The molecular formula is C9H11NO2. The van der Waals surface area contributed by atoms with E-state index in [9.17, 15) is 9.59 Å². The largest absolute Gasteiger partial charge is 0.331 e. The molecule has 1 aliphatic heterocycles. The van der Waals surface area contributed by atoms with Gasteiger partial charge in [-0.05, 0) is 6.92 Å². The van der Waals surface area contributed by atoms with Crippen LogP contribution < -0.4 is 0 Å². The van der Waals surface area contributed by atoms with Crippen LogP contribution in [0.25, 0.3) is 0 Å². The highest BCUT2D eigenvalue weighted by molar-refractivity contribution is 6.00. The van der Waals surface area contributed by atoms with E-state index in [4.69, 9.17) is 0 Å². The van der Waals surface area contributed by atoms with E-state index in [1.54, 1.807) is 11.8 Å².